The summed E-state index contributed by atoms with van der Waals surface area (Å²) in [6.07, 6.45) is 0. The molecule has 0 aliphatic carbocycles. The molecule has 0 atom stereocenters. The second kappa shape index (κ2) is 6.49. The van der Waals surface area contributed by atoms with Gasteiger partial charge in [-0.05, 0) is 25.1 Å². The maximum Gasteiger partial charge on any atom is 0.336 e. The fourth-order valence-corrected chi connectivity index (χ4v) is 1.85. The van der Waals surface area contributed by atoms with Crippen molar-refractivity contribution in [2.75, 3.05) is 5.43 Å². The molecular formula is C15H13N3O4. The molecule has 0 unspecified atom stereocenters. The van der Waals surface area contributed by atoms with E-state index in [9.17, 15) is 14.9 Å². The minimum absolute atomic E-state index is 0.0116. The zero-order chi connectivity index (χ0) is 16.1. The smallest absolute Gasteiger partial charge is 0.336 e. The lowest BCUT2D eigenvalue weighted by Crippen LogP contribution is -2.08. The maximum absolute atomic E-state index is 11.2. The van der Waals surface area contributed by atoms with Crippen molar-refractivity contribution >= 4 is 23.1 Å². The van der Waals surface area contributed by atoms with Crippen molar-refractivity contribution in [1.82, 2.24) is 0 Å². The normalized spacial score (nSPS) is 11.0. The van der Waals surface area contributed by atoms with Gasteiger partial charge in [0.1, 0.15) is 0 Å². The van der Waals surface area contributed by atoms with Crippen LogP contribution in [0.15, 0.2) is 53.6 Å². The highest BCUT2D eigenvalue weighted by atomic mass is 16.6. The maximum atomic E-state index is 11.2. The van der Waals surface area contributed by atoms with E-state index in [4.69, 9.17) is 5.11 Å². The molecule has 0 radical (unpaired) electrons. The van der Waals surface area contributed by atoms with E-state index in [1.54, 1.807) is 25.1 Å². The lowest BCUT2D eigenvalue weighted by molar-refractivity contribution is -0.384. The van der Waals surface area contributed by atoms with Crippen LogP contribution < -0.4 is 5.43 Å². The van der Waals surface area contributed by atoms with Crippen molar-refractivity contribution in [2.45, 2.75) is 6.92 Å². The number of hydrazone groups is 1. The van der Waals surface area contributed by atoms with Crippen LogP contribution >= 0.6 is 0 Å². The number of anilines is 1. The number of carbonyl (C=O) groups is 1. The van der Waals surface area contributed by atoms with Crippen LogP contribution in [0.2, 0.25) is 0 Å². The number of nitrogens with one attached hydrogen (secondary N) is 1. The number of nitrogens with zero attached hydrogens (tertiary/aromatic N) is 2. The molecule has 2 aromatic rings. The number of non-ortho nitro benzene ring substituents is 1. The van der Waals surface area contributed by atoms with Gasteiger partial charge in [0.25, 0.3) is 5.69 Å². The number of benzene rings is 2. The average Bonchev–Trinajstić information content (AvgIpc) is 2.53. The number of hydrogen-bond acceptors (Lipinski definition) is 5. The van der Waals surface area contributed by atoms with E-state index >= 15 is 0 Å². The van der Waals surface area contributed by atoms with Gasteiger partial charge in [0.2, 0.25) is 0 Å². The molecule has 0 bridgehead atoms. The molecule has 0 fully saturated rings. The van der Waals surface area contributed by atoms with Crippen molar-refractivity contribution in [2.24, 2.45) is 5.10 Å². The Morgan fingerprint density at radius 1 is 1.14 bits per heavy atom. The first-order chi connectivity index (χ1) is 10.5. The largest absolute Gasteiger partial charge is 0.478 e. The van der Waals surface area contributed by atoms with E-state index in [1.165, 1.54) is 30.3 Å². The molecule has 7 nitrogen and oxygen atoms in total. The fraction of sp³-hybridized carbons (Fsp3) is 0.0667. The number of rotatable bonds is 5. The van der Waals surface area contributed by atoms with Gasteiger partial charge < -0.3 is 5.11 Å². The van der Waals surface area contributed by atoms with Gasteiger partial charge in [-0.25, -0.2) is 4.79 Å². The number of carboxylic acids is 1. The molecule has 0 heterocycles. The average molecular weight is 299 g/mol. The molecule has 0 aromatic heterocycles. The van der Waals surface area contributed by atoms with Gasteiger partial charge in [0, 0.05) is 17.7 Å². The minimum atomic E-state index is -1.03. The van der Waals surface area contributed by atoms with E-state index in [0.29, 0.717) is 17.0 Å². The van der Waals surface area contributed by atoms with Crippen LogP contribution in [0.5, 0.6) is 0 Å². The Bertz CT molecular complexity index is 739. The zero-order valence-corrected chi connectivity index (χ0v) is 11.7. The summed E-state index contributed by atoms with van der Waals surface area (Å²) in [4.78, 5) is 21.2. The van der Waals surface area contributed by atoms with Crippen LogP contribution in [-0.2, 0) is 0 Å². The molecule has 22 heavy (non-hydrogen) atoms. The molecule has 0 saturated carbocycles. The predicted octanol–water partition coefficient (Wildman–Crippen LogP) is 3.13. The summed E-state index contributed by atoms with van der Waals surface area (Å²) in [5, 5.41) is 23.8. The highest BCUT2D eigenvalue weighted by Gasteiger charge is 2.11. The molecule has 2 rings (SSSR count). The lowest BCUT2D eigenvalue weighted by atomic mass is 10.0. The van der Waals surface area contributed by atoms with Crippen molar-refractivity contribution in [3.8, 4) is 0 Å². The number of aromatic carboxylic acids is 1. The number of carboxylic acid groups (broad SMARTS) is 1. The first kappa shape index (κ1) is 15.2. The van der Waals surface area contributed by atoms with Gasteiger partial charge in [0.15, 0.2) is 0 Å². The molecule has 0 amide bonds. The molecule has 7 heteroatoms. The van der Waals surface area contributed by atoms with Gasteiger partial charge in [-0.1, -0.05) is 18.2 Å². The highest BCUT2D eigenvalue weighted by molar-refractivity contribution is 6.07. The standard InChI is InChI=1S/C15H13N3O4/c1-10(13-4-2-3-5-14(13)15(19)20)16-17-11-6-8-12(9-7-11)18(21)22/h2-9,17H,1H3,(H,19,20)/b16-10-. The predicted molar refractivity (Wildman–Crippen MR) is 82.3 cm³/mol. The topological polar surface area (TPSA) is 105 Å². The van der Waals surface area contributed by atoms with Crippen LogP contribution in [0.25, 0.3) is 0 Å². The first-order valence-electron chi connectivity index (χ1n) is 6.36. The Morgan fingerprint density at radius 2 is 1.73 bits per heavy atom. The third-order valence-corrected chi connectivity index (χ3v) is 2.98. The quantitative estimate of drug-likeness (QED) is 0.501. The summed E-state index contributed by atoms with van der Waals surface area (Å²) in [5.41, 5.74) is 4.47. The number of hydrogen-bond donors (Lipinski definition) is 2. The van der Waals surface area contributed by atoms with Gasteiger partial charge in [0.05, 0.1) is 21.9 Å². The monoisotopic (exact) mass is 299 g/mol. The Labute approximate surface area is 126 Å². The Balaban J connectivity index is 2.19. The highest BCUT2D eigenvalue weighted by Crippen LogP contribution is 2.16. The first-order valence-corrected chi connectivity index (χ1v) is 6.36. The zero-order valence-electron chi connectivity index (χ0n) is 11.7. The fourth-order valence-electron chi connectivity index (χ4n) is 1.85. The van der Waals surface area contributed by atoms with Crippen molar-refractivity contribution in [3.05, 3.63) is 69.8 Å². The molecule has 112 valence electrons. The molecule has 0 spiro atoms. The second-order valence-electron chi connectivity index (χ2n) is 4.46. The van der Waals surface area contributed by atoms with E-state index in [-0.39, 0.29) is 11.3 Å². The van der Waals surface area contributed by atoms with Crippen LogP contribution in [0.1, 0.15) is 22.8 Å². The summed E-state index contributed by atoms with van der Waals surface area (Å²) < 4.78 is 0. The third-order valence-electron chi connectivity index (χ3n) is 2.98. The third kappa shape index (κ3) is 3.45. The molecular weight excluding hydrogens is 286 g/mol. The molecule has 2 aromatic carbocycles. The van der Waals surface area contributed by atoms with Gasteiger partial charge in [-0.15, -0.1) is 0 Å². The van der Waals surface area contributed by atoms with Gasteiger partial charge in [-0.3, -0.25) is 15.5 Å². The van der Waals surface area contributed by atoms with Crippen LogP contribution in [-0.4, -0.2) is 21.7 Å². The summed E-state index contributed by atoms with van der Waals surface area (Å²) in [7, 11) is 0. The van der Waals surface area contributed by atoms with Crippen molar-refractivity contribution in [1.29, 1.82) is 0 Å². The van der Waals surface area contributed by atoms with E-state index in [0.717, 1.165) is 0 Å². The summed E-state index contributed by atoms with van der Waals surface area (Å²) in [6.45, 7) is 1.68. The lowest BCUT2D eigenvalue weighted by Gasteiger charge is -2.06. The van der Waals surface area contributed by atoms with Crippen molar-refractivity contribution < 1.29 is 14.8 Å². The number of nitro benzene ring substituents is 1. The molecule has 2 N–H and O–H groups in total. The van der Waals surface area contributed by atoms with Gasteiger partial charge >= 0.3 is 5.97 Å². The summed E-state index contributed by atoms with van der Waals surface area (Å²) in [5.74, 6) is -1.03. The number of nitro groups is 1. The molecule has 0 saturated heterocycles. The Kier molecular flexibility index (Phi) is 4.47. The molecule has 0 aliphatic rings. The van der Waals surface area contributed by atoms with Crippen LogP contribution in [0.3, 0.4) is 0 Å². The van der Waals surface area contributed by atoms with Crippen molar-refractivity contribution in [3.63, 3.8) is 0 Å². The van der Waals surface area contributed by atoms with E-state index in [1.807, 2.05) is 0 Å². The Hall–Kier alpha value is -3.22. The van der Waals surface area contributed by atoms with E-state index in [2.05, 4.69) is 10.5 Å². The van der Waals surface area contributed by atoms with Crippen LogP contribution in [0.4, 0.5) is 11.4 Å². The minimum Gasteiger partial charge on any atom is -0.478 e. The summed E-state index contributed by atoms with van der Waals surface area (Å²) >= 11 is 0. The van der Waals surface area contributed by atoms with Crippen LogP contribution in [0, 0.1) is 10.1 Å². The molecule has 0 aliphatic heterocycles. The van der Waals surface area contributed by atoms with E-state index < -0.39 is 10.9 Å². The second-order valence-corrected chi connectivity index (χ2v) is 4.46. The van der Waals surface area contributed by atoms with Gasteiger partial charge in [-0.2, -0.15) is 5.10 Å². The Morgan fingerprint density at radius 3 is 2.27 bits per heavy atom. The SMILES string of the molecule is C/C(=N/Nc1ccc([N+](=O)[O-])cc1)c1ccccc1C(=O)O. The summed E-state index contributed by atoms with van der Waals surface area (Å²) in [6, 6.07) is 12.3.